The van der Waals surface area contributed by atoms with Crippen molar-refractivity contribution in [2.45, 2.75) is 12.8 Å². The Bertz CT molecular complexity index is 582. The van der Waals surface area contributed by atoms with Gasteiger partial charge in [0.05, 0.1) is 10.7 Å². The van der Waals surface area contributed by atoms with Crippen LogP contribution in [-0.4, -0.2) is 16.2 Å². The van der Waals surface area contributed by atoms with Gasteiger partial charge in [-0.25, -0.2) is 4.39 Å². The molecule has 1 aromatic carbocycles. The highest BCUT2D eigenvalue weighted by Crippen LogP contribution is 2.28. The molecular weight excluding hydrogens is 305 g/mol. The second-order valence-electron chi connectivity index (χ2n) is 3.70. The van der Waals surface area contributed by atoms with Gasteiger partial charge in [0.15, 0.2) is 5.76 Å². The van der Waals surface area contributed by atoms with Gasteiger partial charge in [-0.2, -0.15) is 0 Å². The van der Waals surface area contributed by atoms with Crippen molar-refractivity contribution in [2.24, 2.45) is 0 Å². The molecule has 0 fully saturated rings. The molecule has 0 saturated carbocycles. The molecule has 0 bridgehead atoms. The fraction of sp³-hybridized carbons (Fsp3) is 0.167. The summed E-state index contributed by atoms with van der Waals surface area (Å²) in [5.74, 6) is -0.787. The normalized spacial score (nSPS) is 10.6. The first-order chi connectivity index (χ1) is 8.58. The zero-order valence-corrected chi connectivity index (χ0v) is 10.8. The molecular formula is C12H9BrFNO3. The van der Waals surface area contributed by atoms with E-state index in [9.17, 15) is 9.18 Å². The van der Waals surface area contributed by atoms with Gasteiger partial charge in [-0.15, -0.1) is 0 Å². The smallest absolute Gasteiger partial charge is 0.303 e. The Hall–Kier alpha value is -1.69. The number of aryl methyl sites for hydroxylation is 1. The molecule has 0 aliphatic rings. The van der Waals surface area contributed by atoms with Gasteiger partial charge in [-0.3, -0.25) is 4.79 Å². The maximum Gasteiger partial charge on any atom is 0.303 e. The summed E-state index contributed by atoms with van der Waals surface area (Å²) in [7, 11) is 0. The molecule has 0 aliphatic heterocycles. The minimum absolute atomic E-state index is 0.00340. The summed E-state index contributed by atoms with van der Waals surface area (Å²) < 4.78 is 18.5. The van der Waals surface area contributed by atoms with Crippen molar-refractivity contribution in [2.75, 3.05) is 0 Å². The van der Waals surface area contributed by atoms with Crippen LogP contribution in [0.25, 0.3) is 11.3 Å². The van der Waals surface area contributed by atoms with Crippen LogP contribution in [0, 0.1) is 5.82 Å². The van der Waals surface area contributed by atoms with Gasteiger partial charge >= 0.3 is 5.97 Å². The van der Waals surface area contributed by atoms with E-state index < -0.39 is 5.97 Å². The summed E-state index contributed by atoms with van der Waals surface area (Å²) in [6.45, 7) is 0. The van der Waals surface area contributed by atoms with Crippen LogP contribution >= 0.6 is 15.9 Å². The van der Waals surface area contributed by atoms with E-state index >= 15 is 0 Å². The van der Waals surface area contributed by atoms with E-state index in [-0.39, 0.29) is 12.2 Å². The molecule has 0 aliphatic carbocycles. The van der Waals surface area contributed by atoms with E-state index in [0.29, 0.717) is 27.8 Å². The Labute approximate surface area is 111 Å². The number of benzene rings is 1. The number of aromatic nitrogens is 1. The number of carbonyl (C=O) groups is 1. The minimum Gasteiger partial charge on any atom is -0.481 e. The SMILES string of the molecule is O=C(O)CCc1cnoc1-c1ccc(F)c(Br)c1. The molecule has 1 aromatic heterocycles. The maximum absolute atomic E-state index is 13.1. The summed E-state index contributed by atoms with van der Waals surface area (Å²) in [5, 5.41) is 12.3. The van der Waals surface area contributed by atoms with Gasteiger partial charge in [0, 0.05) is 17.5 Å². The third-order valence-electron chi connectivity index (χ3n) is 2.43. The molecule has 94 valence electrons. The number of hydrogen-bond donors (Lipinski definition) is 1. The highest BCUT2D eigenvalue weighted by Gasteiger charge is 2.13. The van der Waals surface area contributed by atoms with Gasteiger partial charge in [0.25, 0.3) is 0 Å². The van der Waals surface area contributed by atoms with Crippen molar-refractivity contribution in [3.63, 3.8) is 0 Å². The summed E-state index contributed by atoms with van der Waals surface area (Å²) in [6.07, 6.45) is 1.80. The molecule has 0 amide bonds. The molecule has 1 heterocycles. The predicted octanol–water partition coefficient (Wildman–Crippen LogP) is 3.26. The van der Waals surface area contributed by atoms with Crippen LogP contribution in [0.3, 0.4) is 0 Å². The molecule has 0 saturated heterocycles. The average Bonchev–Trinajstić information content (AvgIpc) is 2.78. The minimum atomic E-state index is -0.887. The number of halogens is 2. The van der Waals surface area contributed by atoms with Crippen LogP contribution in [0.2, 0.25) is 0 Å². The number of carboxylic acids is 1. The Morgan fingerprint density at radius 3 is 2.94 bits per heavy atom. The van der Waals surface area contributed by atoms with Crippen LogP contribution in [0.15, 0.2) is 33.4 Å². The Morgan fingerprint density at radius 2 is 2.28 bits per heavy atom. The molecule has 2 rings (SSSR count). The van der Waals surface area contributed by atoms with Crippen molar-refractivity contribution in [3.05, 3.63) is 40.2 Å². The predicted molar refractivity (Wildman–Crippen MR) is 65.6 cm³/mol. The van der Waals surface area contributed by atoms with E-state index in [2.05, 4.69) is 21.1 Å². The van der Waals surface area contributed by atoms with Gasteiger partial charge in [0.2, 0.25) is 0 Å². The van der Waals surface area contributed by atoms with Crippen LogP contribution in [-0.2, 0) is 11.2 Å². The lowest BCUT2D eigenvalue weighted by molar-refractivity contribution is -0.136. The number of aliphatic carboxylic acids is 1. The van der Waals surface area contributed by atoms with Crippen molar-refractivity contribution in [1.29, 1.82) is 0 Å². The second-order valence-corrected chi connectivity index (χ2v) is 4.56. The van der Waals surface area contributed by atoms with Crippen LogP contribution < -0.4 is 0 Å². The lowest BCUT2D eigenvalue weighted by Crippen LogP contribution is -1.97. The zero-order chi connectivity index (χ0) is 13.1. The summed E-state index contributed by atoms with van der Waals surface area (Å²) in [5.41, 5.74) is 1.34. The molecule has 0 radical (unpaired) electrons. The van der Waals surface area contributed by atoms with E-state index in [4.69, 9.17) is 9.63 Å². The van der Waals surface area contributed by atoms with E-state index in [1.165, 1.54) is 12.3 Å². The van der Waals surface area contributed by atoms with Crippen molar-refractivity contribution < 1.29 is 18.8 Å². The fourth-order valence-electron chi connectivity index (χ4n) is 1.56. The first kappa shape index (κ1) is 12.8. The molecule has 0 spiro atoms. The van der Waals surface area contributed by atoms with Crippen LogP contribution in [0.4, 0.5) is 4.39 Å². The third kappa shape index (κ3) is 2.76. The summed E-state index contributed by atoms with van der Waals surface area (Å²) >= 11 is 3.09. The van der Waals surface area contributed by atoms with Crippen LogP contribution in [0.1, 0.15) is 12.0 Å². The van der Waals surface area contributed by atoms with E-state index in [1.54, 1.807) is 12.1 Å². The quantitative estimate of drug-likeness (QED) is 0.941. The molecule has 4 nitrogen and oxygen atoms in total. The van der Waals surface area contributed by atoms with Crippen molar-refractivity contribution in [1.82, 2.24) is 5.16 Å². The molecule has 6 heteroatoms. The van der Waals surface area contributed by atoms with Crippen LogP contribution in [0.5, 0.6) is 0 Å². The topological polar surface area (TPSA) is 63.3 Å². The van der Waals surface area contributed by atoms with Gasteiger partial charge in [-0.05, 0) is 40.5 Å². The van der Waals surface area contributed by atoms with E-state index in [0.717, 1.165) is 0 Å². The molecule has 0 atom stereocenters. The fourth-order valence-corrected chi connectivity index (χ4v) is 1.93. The molecule has 18 heavy (non-hydrogen) atoms. The Kier molecular flexibility index (Phi) is 3.76. The Morgan fingerprint density at radius 1 is 1.50 bits per heavy atom. The largest absolute Gasteiger partial charge is 0.481 e. The maximum atomic E-state index is 13.1. The van der Waals surface area contributed by atoms with Gasteiger partial charge < -0.3 is 9.63 Å². The van der Waals surface area contributed by atoms with E-state index in [1.807, 2.05) is 0 Å². The summed E-state index contributed by atoms with van der Waals surface area (Å²) in [4.78, 5) is 10.5. The monoisotopic (exact) mass is 313 g/mol. The lowest BCUT2D eigenvalue weighted by atomic mass is 10.1. The van der Waals surface area contributed by atoms with Crippen molar-refractivity contribution in [3.8, 4) is 11.3 Å². The number of rotatable bonds is 4. The van der Waals surface area contributed by atoms with Crippen molar-refractivity contribution >= 4 is 21.9 Å². The third-order valence-corrected chi connectivity index (χ3v) is 3.04. The summed E-state index contributed by atoms with van der Waals surface area (Å²) in [6, 6.07) is 4.44. The molecule has 0 unspecified atom stereocenters. The Balaban J connectivity index is 2.30. The first-order valence-corrected chi connectivity index (χ1v) is 5.98. The van der Waals surface area contributed by atoms with Gasteiger partial charge in [0.1, 0.15) is 5.82 Å². The highest BCUT2D eigenvalue weighted by molar-refractivity contribution is 9.10. The lowest BCUT2D eigenvalue weighted by Gasteiger charge is -2.01. The highest BCUT2D eigenvalue weighted by atomic mass is 79.9. The molecule has 2 aromatic rings. The number of carboxylic acid groups (broad SMARTS) is 1. The number of hydrogen-bond acceptors (Lipinski definition) is 3. The van der Waals surface area contributed by atoms with Gasteiger partial charge in [-0.1, -0.05) is 5.16 Å². The average molecular weight is 314 g/mol. The standard InChI is InChI=1S/C12H9BrFNO3/c13-9-5-7(1-3-10(9)14)12-8(6-15-18-12)2-4-11(16)17/h1,3,5-6H,2,4H2,(H,16,17). The molecule has 1 N–H and O–H groups in total. The zero-order valence-electron chi connectivity index (χ0n) is 9.19. The first-order valence-electron chi connectivity index (χ1n) is 5.18. The number of nitrogens with zero attached hydrogens (tertiary/aromatic N) is 1. The second kappa shape index (κ2) is 5.30.